The number of carbonyl (C=O) groups excluding carboxylic acids is 2. The number of para-hydroxylation sites is 1. The molecule has 1 aliphatic heterocycles. The Hall–Kier alpha value is -3.22. The third-order valence-electron chi connectivity index (χ3n) is 4.02. The Morgan fingerprint density at radius 2 is 1.92 bits per heavy atom. The smallest absolute Gasteiger partial charge is 0.340 e. The summed E-state index contributed by atoms with van der Waals surface area (Å²) in [7, 11) is 1.71. The zero-order valence-corrected chi connectivity index (χ0v) is 14.6. The lowest BCUT2D eigenvalue weighted by atomic mass is 10.1. The van der Waals surface area contributed by atoms with Crippen LogP contribution in [0.5, 0.6) is 11.5 Å². The minimum Gasteiger partial charge on any atom is -0.454 e. The summed E-state index contributed by atoms with van der Waals surface area (Å²) < 4.78 is 15.7. The maximum atomic E-state index is 12.1. The third-order valence-corrected chi connectivity index (χ3v) is 4.02. The second kappa shape index (κ2) is 7.77. The summed E-state index contributed by atoms with van der Waals surface area (Å²) in [5.41, 5.74) is 1.90. The van der Waals surface area contributed by atoms with Gasteiger partial charge in [-0.25, -0.2) is 4.79 Å². The van der Waals surface area contributed by atoms with E-state index in [9.17, 15) is 9.59 Å². The average Bonchev–Trinajstić information content (AvgIpc) is 3.13. The lowest BCUT2D eigenvalue weighted by Crippen LogP contribution is -2.31. The van der Waals surface area contributed by atoms with E-state index >= 15 is 0 Å². The Bertz CT molecular complexity index is 821. The van der Waals surface area contributed by atoms with Gasteiger partial charge in [0.05, 0.1) is 11.6 Å². The van der Waals surface area contributed by atoms with Gasteiger partial charge >= 0.3 is 5.97 Å². The number of amides is 1. The van der Waals surface area contributed by atoms with Crippen molar-refractivity contribution in [3.63, 3.8) is 0 Å². The van der Waals surface area contributed by atoms with Gasteiger partial charge in [0, 0.05) is 12.7 Å². The van der Waals surface area contributed by atoms with Crippen molar-refractivity contribution in [3.8, 4) is 11.5 Å². The van der Waals surface area contributed by atoms with Gasteiger partial charge in [0.1, 0.15) is 0 Å². The quantitative estimate of drug-likeness (QED) is 0.774. The number of anilines is 1. The molecule has 7 nitrogen and oxygen atoms in total. The molecule has 0 radical (unpaired) electrons. The van der Waals surface area contributed by atoms with Crippen LogP contribution >= 0.6 is 0 Å². The lowest BCUT2D eigenvalue weighted by molar-refractivity contribution is -0.124. The zero-order chi connectivity index (χ0) is 18.5. The average molecular weight is 356 g/mol. The van der Waals surface area contributed by atoms with Gasteiger partial charge in [-0.05, 0) is 36.8 Å². The summed E-state index contributed by atoms with van der Waals surface area (Å²) in [5.74, 6) is 0.398. The first-order valence-corrected chi connectivity index (χ1v) is 8.21. The molecular formula is C19H20N2O5. The monoisotopic (exact) mass is 356 g/mol. The van der Waals surface area contributed by atoms with Crippen LogP contribution in [0, 0.1) is 0 Å². The fraction of sp³-hybridized carbons (Fsp3) is 0.263. The van der Waals surface area contributed by atoms with Gasteiger partial charge in [-0.2, -0.15) is 0 Å². The van der Waals surface area contributed by atoms with Crippen molar-refractivity contribution < 1.29 is 23.8 Å². The van der Waals surface area contributed by atoms with E-state index in [1.54, 1.807) is 31.3 Å². The van der Waals surface area contributed by atoms with Crippen LogP contribution in [0.3, 0.4) is 0 Å². The molecular weight excluding hydrogens is 336 g/mol. The predicted octanol–water partition coefficient (Wildman–Crippen LogP) is 2.49. The van der Waals surface area contributed by atoms with Crippen LogP contribution in [-0.2, 0) is 9.53 Å². The zero-order valence-electron chi connectivity index (χ0n) is 14.6. The molecule has 2 aromatic carbocycles. The Labute approximate surface area is 151 Å². The van der Waals surface area contributed by atoms with E-state index in [1.807, 2.05) is 25.1 Å². The van der Waals surface area contributed by atoms with Crippen LogP contribution in [0.25, 0.3) is 0 Å². The molecule has 0 bridgehead atoms. The fourth-order valence-corrected chi connectivity index (χ4v) is 2.64. The van der Waals surface area contributed by atoms with Crippen LogP contribution in [0.15, 0.2) is 42.5 Å². The van der Waals surface area contributed by atoms with E-state index in [0.717, 1.165) is 5.56 Å². The van der Waals surface area contributed by atoms with Crippen LogP contribution in [0.2, 0.25) is 0 Å². The first-order chi connectivity index (χ1) is 12.6. The maximum absolute atomic E-state index is 12.1. The summed E-state index contributed by atoms with van der Waals surface area (Å²) >= 11 is 0. The number of rotatable bonds is 6. The van der Waals surface area contributed by atoms with Crippen molar-refractivity contribution in [2.45, 2.75) is 13.0 Å². The molecule has 1 aliphatic rings. The number of hydrogen-bond donors (Lipinski definition) is 2. The molecule has 0 saturated heterocycles. The van der Waals surface area contributed by atoms with Crippen LogP contribution in [0.4, 0.5) is 5.69 Å². The van der Waals surface area contributed by atoms with Crippen molar-refractivity contribution in [1.82, 2.24) is 5.32 Å². The minimum absolute atomic E-state index is 0.198. The van der Waals surface area contributed by atoms with E-state index in [0.29, 0.717) is 22.7 Å². The maximum Gasteiger partial charge on any atom is 0.340 e. The first kappa shape index (κ1) is 17.6. The van der Waals surface area contributed by atoms with Gasteiger partial charge in [0.25, 0.3) is 5.91 Å². The molecule has 0 fully saturated rings. The molecule has 2 N–H and O–H groups in total. The highest BCUT2D eigenvalue weighted by molar-refractivity contribution is 5.96. The van der Waals surface area contributed by atoms with Gasteiger partial charge in [-0.1, -0.05) is 18.2 Å². The molecule has 1 heterocycles. The van der Waals surface area contributed by atoms with E-state index in [-0.39, 0.29) is 25.3 Å². The largest absolute Gasteiger partial charge is 0.454 e. The number of fused-ring (bicyclic) bond motifs is 1. The number of carbonyl (C=O) groups is 2. The normalized spacial score (nSPS) is 13.0. The van der Waals surface area contributed by atoms with Crippen LogP contribution in [0.1, 0.15) is 28.9 Å². The SMILES string of the molecule is CNc1ccccc1C(=O)OCC(=O)N[C@H](C)c1ccc2c(c1)OCO2. The molecule has 26 heavy (non-hydrogen) atoms. The Kier molecular flexibility index (Phi) is 5.26. The second-order valence-electron chi connectivity index (χ2n) is 5.77. The number of benzene rings is 2. The van der Waals surface area contributed by atoms with Crippen molar-refractivity contribution in [2.24, 2.45) is 0 Å². The molecule has 1 atom stereocenters. The van der Waals surface area contributed by atoms with Crippen molar-refractivity contribution in [1.29, 1.82) is 0 Å². The summed E-state index contributed by atoms with van der Waals surface area (Å²) in [5, 5.41) is 5.71. The number of nitrogens with one attached hydrogen (secondary N) is 2. The Balaban J connectivity index is 1.54. The second-order valence-corrected chi connectivity index (χ2v) is 5.77. The summed E-state index contributed by atoms with van der Waals surface area (Å²) in [6.45, 7) is 1.68. The van der Waals surface area contributed by atoms with Crippen molar-refractivity contribution in [3.05, 3.63) is 53.6 Å². The molecule has 136 valence electrons. The molecule has 0 spiro atoms. The van der Waals surface area contributed by atoms with E-state index in [4.69, 9.17) is 14.2 Å². The van der Waals surface area contributed by atoms with Gasteiger partial charge < -0.3 is 24.8 Å². The van der Waals surface area contributed by atoms with Gasteiger partial charge in [0.15, 0.2) is 18.1 Å². The molecule has 0 saturated carbocycles. The van der Waals surface area contributed by atoms with Crippen molar-refractivity contribution in [2.75, 3.05) is 25.8 Å². The first-order valence-electron chi connectivity index (χ1n) is 8.21. The molecule has 0 aromatic heterocycles. The van der Waals surface area contributed by atoms with Gasteiger partial charge in [0.2, 0.25) is 6.79 Å². The topological polar surface area (TPSA) is 85.9 Å². The van der Waals surface area contributed by atoms with Crippen LogP contribution in [-0.4, -0.2) is 32.3 Å². The van der Waals surface area contributed by atoms with E-state index in [2.05, 4.69) is 10.6 Å². The highest BCUT2D eigenvalue weighted by atomic mass is 16.7. The molecule has 3 rings (SSSR count). The van der Waals surface area contributed by atoms with Gasteiger partial charge in [-0.15, -0.1) is 0 Å². The molecule has 7 heteroatoms. The van der Waals surface area contributed by atoms with Crippen molar-refractivity contribution >= 4 is 17.6 Å². The van der Waals surface area contributed by atoms with E-state index < -0.39 is 5.97 Å². The number of hydrogen-bond acceptors (Lipinski definition) is 6. The summed E-state index contributed by atoms with van der Waals surface area (Å²) in [4.78, 5) is 24.2. The van der Waals surface area contributed by atoms with E-state index in [1.165, 1.54) is 0 Å². The predicted molar refractivity (Wildman–Crippen MR) is 95.4 cm³/mol. The number of esters is 1. The highest BCUT2D eigenvalue weighted by Crippen LogP contribution is 2.34. The molecule has 0 unspecified atom stereocenters. The Morgan fingerprint density at radius 1 is 1.15 bits per heavy atom. The molecule has 0 aliphatic carbocycles. The summed E-state index contributed by atoms with van der Waals surface area (Å²) in [6, 6.07) is 12.2. The summed E-state index contributed by atoms with van der Waals surface area (Å²) in [6.07, 6.45) is 0. The van der Waals surface area contributed by atoms with Crippen LogP contribution < -0.4 is 20.1 Å². The Morgan fingerprint density at radius 3 is 2.73 bits per heavy atom. The molecule has 2 aromatic rings. The lowest BCUT2D eigenvalue weighted by Gasteiger charge is -2.15. The number of ether oxygens (including phenoxy) is 3. The fourth-order valence-electron chi connectivity index (χ4n) is 2.64. The molecule has 1 amide bonds. The minimum atomic E-state index is -0.555. The van der Waals surface area contributed by atoms with Gasteiger partial charge in [-0.3, -0.25) is 4.79 Å². The highest BCUT2D eigenvalue weighted by Gasteiger charge is 2.18. The standard InChI is InChI=1S/C19H20N2O5/c1-12(13-7-8-16-17(9-13)26-11-25-16)21-18(22)10-24-19(23)14-5-3-4-6-15(14)20-2/h3-9,12,20H,10-11H2,1-2H3,(H,21,22)/t12-/m1/s1. The third kappa shape index (κ3) is 3.88.